The van der Waals surface area contributed by atoms with Crippen LogP contribution < -0.4 is 11.1 Å². The number of nitrogens with zero attached hydrogens (tertiary/aromatic N) is 1. The molecular formula is C15H22BrN3O. The lowest BCUT2D eigenvalue weighted by atomic mass is 10.2. The molecule has 1 aliphatic heterocycles. The number of hydrogen-bond donors (Lipinski definition) is 2. The van der Waals surface area contributed by atoms with Crippen LogP contribution >= 0.6 is 15.9 Å². The van der Waals surface area contributed by atoms with Crippen LogP contribution in [0.4, 0.5) is 5.69 Å². The molecule has 0 unspecified atom stereocenters. The molecule has 0 atom stereocenters. The topological polar surface area (TPSA) is 58.4 Å². The smallest absolute Gasteiger partial charge is 0.252 e. The number of carbonyl (C=O) groups is 1. The summed E-state index contributed by atoms with van der Waals surface area (Å²) in [5, 5.41) is 2.97. The number of likely N-dealkylation sites (tertiary alicyclic amines) is 1. The van der Waals surface area contributed by atoms with Crippen molar-refractivity contribution in [3.63, 3.8) is 0 Å². The summed E-state index contributed by atoms with van der Waals surface area (Å²) in [6.45, 7) is 3.90. The van der Waals surface area contributed by atoms with Crippen LogP contribution in [-0.2, 0) is 0 Å². The summed E-state index contributed by atoms with van der Waals surface area (Å²) < 4.78 is 0.673. The van der Waals surface area contributed by atoms with Crippen molar-refractivity contribution in [2.24, 2.45) is 0 Å². The predicted molar refractivity (Wildman–Crippen MR) is 85.8 cm³/mol. The quantitative estimate of drug-likeness (QED) is 0.829. The molecule has 0 radical (unpaired) electrons. The Balaban J connectivity index is 1.81. The Kier molecular flexibility index (Phi) is 5.86. The van der Waals surface area contributed by atoms with E-state index in [-0.39, 0.29) is 5.91 Å². The fraction of sp³-hybridized carbons (Fsp3) is 0.533. The van der Waals surface area contributed by atoms with E-state index in [1.165, 1.54) is 25.7 Å². The summed E-state index contributed by atoms with van der Waals surface area (Å²) in [6, 6.07) is 5.35. The average molecular weight is 340 g/mol. The Bertz CT molecular complexity index is 456. The second-order valence-electron chi connectivity index (χ2n) is 5.22. The largest absolute Gasteiger partial charge is 0.398 e. The highest BCUT2D eigenvalue weighted by Crippen LogP contribution is 2.23. The third-order valence-corrected chi connectivity index (χ3v) is 4.57. The van der Waals surface area contributed by atoms with Crippen LogP contribution in [0.2, 0.25) is 0 Å². The summed E-state index contributed by atoms with van der Waals surface area (Å²) in [7, 11) is 0. The molecule has 1 aliphatic rings. The predicted octanol–water partition coefficient (Wildman–Crippen LogP) is 2.64. The number of nitrogens with two attached hydrogens (primary N) is 1. The number of amides is 1. The molecule has 3 N–H and O–H groups in total. The molecule has 2 rings (SSSR count). The van der Waals surface area contributed by atoms with Gasteiger partial charge in [-0.1, -0.05) is 18.9 Å². The van der Waals surface area contributed by atoms with E-state index in [9.17, 15) is 4.79 Å². The van der Waals surface area contributed by atoms with Gasteiger partial charge in [0.15, 0.2) is 0 Å². The molecule has 0 spiro atoms. The third kappa shape index (κ3) is 4.21. The van der Waals surface area contributed by atoms with E-state index in [0.717, 1.165) is 19.6 Å². The van der Waals surface area contributed by atoms with Gasteiger partial charge in [-0.15, -0.1) is 0 Å². The number of halogens is 1. The number of rotatable bonds is 4. The van der Waals surface area contributed by atoms with Crippen molar-refractivity contribution in [1.82, 2.24) is 10.2 Å². The van der Waals surface area contributed by atoms with E-state index in [1.54, 1.807) is 18.2 Å². The lowest BCUT2D eigenvalue weighted by Gasteiger charge is -2.19. The van der Waals surface area contributed by atoms with Crippen molar-refractivity contribution in [2.75, 3.05) is 31.9 Å². The standard InChI is InChI=1S/C15H22BrN3O/c16-14-12(6-5-7-13(14)17)15(20)18-8-11-19-9-3-1-2-4-10-19/h5-7H,1-4,8-11,17H2,(H,18,20). The molecule has 1 amide bonds. The van der Waals surface area contributed by atoms with Gasteiger partial charge in [-0.3, -0.25) is 4.79 Å². The van der Waals surface area contributed by atoms with E-state index in [2.05, 4.69) is 26.1 Å². The molecule has 1 heterocycles. The van der Waals surface area contributed by atoms with Gasteiger partial charge in [0.2, 0.25) is 0 Å². The fourth-order valence-corrected chi connectivity index (χ4v) is 2.95. The van der Waals surface area contributed by atoms with Crippen molar-refractivity contribution >= 4 is 27.5 Å². The molecular weight excluding hydrogens is 318 g/mol. The molecule has 5 heteroatoms. The third-order valence-electron chi connectivity index (χ3n) is 3.69. The lowest BCUT2D eigenvalue weighted by molar-refractivity contribution is 0.0948. The van der Waals surface area contributed by atoms with Crippen LogP contribution in [0.15, 0.2) is 22.7 Å². The van der Waals surface area contributed by atoms with Gasteiger partial charge < -0.3 is 16.0 Å². The maximum atomic E-state index is 12.1. The highest BCUT2D eigenvalue weighted by molar-refractivity contribution is 9.10. The molecule has 1 saturated heterocycles. The van der Waals surface area contributed by atoms with E-state index in [4.69, 9.17) is 5.73 Å². The van der Waals surface area contributed by atoms with E-state index in [1.807, 2.05) is 0 Å². The van der Waals surface area contributed by atoms with Crippen molar-refractivity contribution in [3.05, 3.63) is 28.2 Å². The fourth-order valence-electron chi connectivity index (χ4n) is 2.51. The molecule has 20 heavy (non-hydrogen) atoms. The zero-order valence-electron chi connectivity index (χ0n) is 11.7. The van der Waals surface area contributed by atoms with Gasteiger partial charge in [-0.25, -0.2) is 0 Å². The van der Waals surface area contributed by atoms with E-state index in [0.29, 0.717) is 22.3 Å². The maximum absolute atomic E-state index is 12.1. The van der Waals surface area contributed by atoms with Gasteiger partial charge in [0, 0.05) is 18.8 Å². The average Bonchev–Trinajstić information content (AvgIpc) is 2.70. The summed E-state index contributed by atoms with van der Waals surface area (Å²) in [4.78, 5) is 14.5. The second kappa shape index (κ2) is 7.64. The van der Waals surface area contributed by atoms with Gasteiger partial charge >= 0.3 is 0 Å². The SMILES string of the molecule is Nc1cccc(C(=O)NCCN2CCCCCC2)c1Br. The van der Waals surface area contributed by atoms with Gasteiger partial charge in [0.05, 0.1) is 10.0 Å². The molecule has 4 nitrogen and oxygen atoms in total. The van der Waals surface area contributed by atoms with Gasteiger partial charge in [-0.05, 0) is 54.0 Å². The van der Waals surface area contributed by atoms with Crippen LogP contribution in [-0.4, -0.2) is 37.0 Å². The van der Waals surface area contributed by atoms with Gasteiger partial charge in [0.1, 0.15) is 0 Å². The molecule has 0 aliphatic carbocycles. The number of carbonyl (C=O) groups excluding carboxylic acids is 1. The number of anilines is 1. The van der Waals surface area contributed by atoms with Crippen molar-refractivity contribution in [2.45, 2.75) is 25.7 Å². The Hall–Kier alpha value is -1.07. The Labute approximate surface area is 128 Å². The minimum Gasteiger partial charge on any atom is -0.398 e. The number of nitrogen functional groups attached to an aromatic ring is 1. The molecule has 0 bridgehead atoms. The second-order valence-corrected chi connectivity index (χ2v) is 6.01. The van der Waals surface area contributed by atoms with Crippen molar-refractivity contribution in [3.8, 4) is 0 Å². The molecule has 1 aromatic carbocycles. The Morgan fingerprint density at radius 1 is 1.25 bits per heavy atom. The normalized spacial score (nSPS) is 16.6. The summed E-state index contributed by atoms with van der Waals surface area (Å²) in [5.41, 5.74) is 6.97. The summed E-state index contributed by atoms with van der Waals surface area (Å²) in [5.74, 6) is -0.0704. The zero-order valence-corrected chi connectivity index (χ0v) is 13.3. The maximum Gasteiger partial charge on any atom is 0.252 e. The Morgan fingerprint density at radius 3 is 2.65 bits per heavy atom. The highest BCUT2D eigenvalue weighted by atomic mass is 79.9. The number of hydrogen-bond acceptors (Lipinski definition) is 3. The zero-order chi connectivity index (χ0) is 14.4. The molecule has 0 aromatic heterocycles. The number of benzene rings is 1. The van der Waals surface area contributed by atoms with Crippen LogP contribution in [0.25, 0.3) is 0 Å². The van der Waals surface area contributed by atoms with Crippen molar-refractivity contribution in [1.29, 1.82) is 0 Å². The summed E-state index contributed by atoms with van der Waals surface area (Å²) >= 11 is 3.36. The van der Waals surface area contributed by atoms with Gasteiger partial charge in [0.25, 0.3) is 5.91 Å². The van der Waals surface area contributed by atoms with Crippen LogP contribution in [0.5, 0.6) is 0 Å². The first kappa shape index (κ1) is 15.3. The molecule has 1 fully saturated rings. The minimum absolute atomic E-state index is 0.0704. The van der Waals surface area contributed by atoms with E-state index >= 15 is 0 Å². The first-order valence-corrected chi connectivity index (χ1v) is 8.02. The highest BCUT2D eigenvalue weighted by Gasteiger charge is 2.12. The number of nitrogens with one attached hydrogen (secondary N) is 1. The monoisotopic (exact) mass is 339 g/mol. The molecule has 110 valence electrons. The molecule has 0 saturated carbocycles. The van der Waals surface area contributed by atoms with Crippen LogP contribution in [0.3, 0.4) is 0 Å². The van der Waals surface area contributed by atoms with Crippen LogP contribution in [0, 0.1) is 0 Å². The first-order valence-electron chi connectivity index (χ1n) is 7.23. The van der Waals surface area contributed by atoms with Crippen LogP contribution in [0.1, 0.15) is 36.0 Å². The Morgan fingerprint density at radius 2 is 1.95 bits per heavy atom. The van der Waals surface area contributed by atoms with E-state index < -0.39 is 0 Å². The lowest BCUT2D eigenvalue weighted by Crippen LogP contribution is -2.35. The molecule has 1 aromatic rings. The first-order chi connectivity index (χ1) is 9.68. The van der Waals surface area contributed by atoms with Crippen molar-refractivity contribution < 1.29 is 4.79 Å². The van der Waals surface area contributed by atoms with Gasteiger partial charge in [-0.2, -0.15) is 0 Å². The summed E-state index contributed by atoms with van der Waals surface area (Å²) in [6.07, 6.45) is 5.21. The minimum atomic E-state index is -0.0704.